The predicted octanol–water partition coefficient (Wildman–Crippen LogP) is 4.84. The molecule has 1 aliphatic rings. The molecule has 0 bridgehead atoms. The molecule has 1 aliphatic heterocycles. The fraction of sp³-hybridized carbons (Fsp3) is 0.150. The molecule has 0 fully saturated rings. The highest BCUT2D eigenvalue weighted by molar-refractivity contribution is 7.16. The van der Waals surface area contributed by atoms with Crippen LogP contribution in [0.4, 0.5) is 10.8 Å². The van der Waals surface area contributed by atoms with Crippen LogP contribution in [0.5, 0.6) is 0 Å². The standard InChI is InChI=1S/C20H16ClN3O2S/c1-11-18(12-6-8-13(21)9-7-12)23-20(27-11)24-19(26)15-10-17(25)22-16-5-3-2-4-14(15)16/h2-9,15H,10H2,1H3,(H,22,25)(H,23,24,26). The van der Waals surface area contributed by atoms with Gasteiger partial charge in [0.05, 0.1) is 11.6 Å². The lowest BCUT2D eigenvalue weighted by atomic mass is 9.90. The first kappa shape index (κ1) is 17.7. The zero-order chi connectivity index (χ0) is 19.0. The maximum absolute atomic E-state index is 12.8. The zero-order valence-electron chi connectivity index (χ0n) is 14.5. The number of amides is 2. The molecule has 7 heteroatoms. The van der Waals surface area contributed by atoms with Gasteiger partial charge in [-0.25, -0.2) is 4.98 Å². The van der Waals surface area contributed by atoms with Gasteiger partial charge in [0.1, 0.15) is 0 Å². The minimum Gasteiger partial charge on any atom is -0.326 e. The molecular formula is C20H16ClN3O2S. The first-order valence-electron chi connectivity index (χ1n) is 8.44. The third-order valence-electron chi connectivity index (χ3n) is 4.46. The Morgan fingerprint density at radius 3 is 2.74 bits per heavy atom. The van der Waals surface area contributed by atoms with Gasteiger partial charge in [0.25, 0.3) is 0 Å². The fourth-order valence-electron chi connectivity index (χ4n) is 3.16. The van der Waals surface area contributed by atoms with Crippen molar-refractivity contribution < 1.29 is 9.59 Å². The third-order valence-corrected chi connectivity index (χ3v) is 5.60. The number of fused-ring (bicyclic) bond motifs is 1. The largest absolute Gasteiger partial charge is 0.326 e. The van der Waals surface area contributed by atoms with Gasteiger partial charge in [-0.1, -0.05) is 41.9 Å². The fourth-order valence-corrected chi connectivity index (χ4v) is 4.13. The summed E-state index contributed by atoms with van der Waals surface area (Å²) >= 11 is 7.36. The van der Waals surface area contributed by atoms with E-state index < -0.39 is 5.92 Å². The summed E-state index contributed by atoms with van der Waals surface area (Å²) in [6, 6.07) is 14.8. The molecule has 2 N–H and O–H groups in total. The molecule has 1 unspecified atom stereocenters. The molecule has 1 aromatic heterocycles. The lowest BCUT2D eigenvalue weighted by Crippen LogP contribution is -2.30. The molecule has 5 nitrogen and oxygen atoms in total. The van der Waals surface area contributed by atoms with E-state index in [1.54, 1.807) is 6.07 Å². The quantitative estimate of drug-likeness (QED) is 0.664. The topological polar surface area (TPSA) is 71.1 Å². The molecule has 136 valence electrons. The number of para-hydroxylation sites is 1. The summed E-state index contributed by atoms with van der Waals surface area (Å²) in [6.07, 6.45) is 0.122. The Hall–Kier alpha value is -2.70. The molecule has 2 aromatic carbocycles. The maximum Gasteiger partial charge on any atom is 0.234 e. The molecule has 3 aromatic rings. The summed E-state index contributed by atoms with van der Waals surface area (Å²) in [5.74, 6) is -0.919. The van der Waals surface area contributed by atoms with Gasteiger partial charge >= 0.3 is 0 Å². The van der Waals surface area contributed by atoms with E-state index in [1.807, 2.05) is 49.4 Å². The molecule has 0 saturated heterocycles. The Bertz CT molecular complexity index is 1030. The number of anilines is 2. The normalized spacial score (nSPS) is 15.8. The van der Waals surface area contributed by atoms with Crippen LogP contribution in [0.3, 0.4) is 0 Å². The van der Waals surface area contributed by atoms with Crippen molar-refractivity contribution in [1.29, 1.82) is 0 Å². The molecule has 0 spiro atoms. The van der Waals surface area contributed by atoms with E-state index in [-0.39, 0.29) is 18.2 Å². The number of thiazole rings is 1. The van der Waals surface area contributed by atoms with Gasteiger partial charge in [-0.2, -0.15) is 0 Å². The van der Waals surface area contributed by atoms with E-state index in [4.69, 9.17) is 11.6 Å². The van der Waals surface area contributed by atoms with Crippen molar-refractivity contribution in [3.05, 3.63) is 64.0 Å². The van der Waals surface area contributed by atoms with Gasteiger partial charge in [-0.15, -0.1) is 11.3 Å². The maximum atomic E-state index is 12.8. The van der Waals surface area contributed by atoms with Crippen molar-refractivity contribution in [2.24, 2.45) is 0 Å². The molecular weight excluding hydrogens is 382 g/mol. The monoisotopic (exact) mass is 397 g/mol. The smallest absolute Gasteiger partial charge is 0.234 e. The lowest BCUT2D eigenvalue weighted by molar-refractivity contribution is -0.123. The molecule has 2 heterocycles. The number of hydrogen-bond acceptors (Lipinski definition) is 4. The third kappa shape index (κ3) is 3.59. The van der Waals surface area contributed by atoms with Crippen LogP contribution in [0, 0.1) is 6.92 Å². The number of halogens is 1. The van der Waals surface area contributed by atoms with Gasteiger partial charge in [0.2, 0.25) is 11.8 Å². The summed E-state index contributed by atoms with van der Waals surface area (Å²) < 4.78 is 0. The summed E-state index contributed by atoms with van der Waals surface area (Å²) in [5.41, 5.74) is 3.26. The summed E-state index contributed by atoms with van der Waals surface area (Å²) in [6.45, 7) is 1.96. The zero-order valence-corrected chi connectivity index (χ0v) is 16.0. The Morgan fingerprint density at radius 2 is 1.96 bits per heavy atom. The highest BCUT2D eigenvalue weighted by atomic mass is 35.5. The second-order valence-corrected chi connectivity index (χ2v) is 7.95. The van der Waals surface area contributed by atoms with E-state index in [9.17, 15) is 9.59 Å². The van der Waals surface area contributed by atoms with Gasteiger partial charge in [0, 0.05) is 27.6 Å². The van der Waals surface area contributed by atoms with Crippen LogP contribution in [-0.2, 0) is 9.59 Å². The molecule has 1 atom stereocenters. The Balaban J connectivity index is 1.58. The molecule has 0 radical (unpaired) electrons. The average Bonchev–Trinajstić information content (AvgIpc) is 3.01. The van der Waals surface area contributed by atoms with Crippen molar-refractivity contribution in [2.45, 2.75) is 19.3 Å². The van der Waals surface area contributed by atoms with Crippen molar-refractivity contribution >= 4 is 45.6 Å². The molecule has 0 aliphatic carbocycles. The van der Waals surface area contributed by atoms with Crippen LogP contribution in [-0.4, -0.2) is 16.8 Å². The van der Waals surface area contributed by atoms with Crippen LogP contribution in [0.15, 0.2) is 48.5 Å². The number of nitrogens with zero attached hydrogens (tertiary/aromatic N) is 1. The highest BCUT2D eigenvalue weighted by Gasteiger charge is 2.31. The van der Waals surface area contributed by atoms with E-state index in [2.05, 4.69) is 15.6 Å². The van der Waals surface area contributed by atoms with E-state index in [1.165, 1.54) is 11.3 Å². The van der Waals surface area contributed by atoms with Crippen LogP contribution < -0.4 is 10.6 Å². The number of benzene rings is 2. The number of carbonyl (C=O) groups excluding carboxylic acids is 2. The molecule has 2 amide bonds. The van der Waals surface area contributed by atoms with Crippen LogP contribution in [0.1, 0.15) is 22.8 Å². The number of nitrogens with one attached hydrogen (secondary N) is 2. The van der Waals surface area contributed by atoms with E-state index >= 15 is 0 Å². The number of aromatic nitrogens is 1. The van der Waals surface area contributed by atoms with Gasteiger partial charge in [-0.05, 0) is 30.7 Å². The number of rotatable bonds is 3. The first-order valence-corrected chi connectivity index (χ1v) is 9.64. The summed E-state index contributed by atoms with van der Waals surface area (Å²) in [5, 5.41) is 6.86. The predicted molar refractivity (Wildman–Crippen MR) is 108 cm³/mol. The van der Waals surface area contributed by atoms with Crippen molar-refractivity contribution in [1.82, 2.24) is 4.98 Å². The average molecular weight is 398 g/mol. The second-order valence-electron chi connectivity index (χ2n) is 6.31. The molecule has 4 rings (SSSR count). The van der Waals surface area contributed by atoms with E-state index in [0.29, 0.717) is 15.8 Å². The van der Waals surface area contributed by atoms with Crippen LogP contribution in [0.25, 0.3) is 11.3 Å². The van der Waals surface area contributed by atoms with Crippen molar-refractivity contribution in [3.63, 3.8) is 0 Å². The van der Waals surface area contributed by atoms with E-state index in [0.717, 1.165) is 21.7 Å². The summed E-state index contributed by atoms with van der Waals surface area (Å²) in [4.78, 5) is 30.3. The van der Waals surface area contributed by atoms with Crippen molar-refractivity contribution in [3.8, 4) is 11.3 Å². The van der Waals surface area contributed by atoms with Gasteiger partial charge in [0.15, 0.2) is 5.13 Å². The highest BCUT2D eigenvalue weighted by Crippen LogP contribution is 2.35. The van der Waals surface area contributed by atoms with Crippen LogP contribution >= 0.6 is 22.9 Å². The summed E-state index contributed by atoms with van der Waals surface area (Å²) in [7, 11) is 0. The Labute approximate surface area is 165 Å². The lowest BCUT2D eigenvalue weighted by Gasteiger charge is -2.24. The number of aryl methyl sites for hydroxylation is 1. The van der Waals surface area contributed by atoms with Gasteiger partial charge < -0.3 is 10.6 Å². The minimum atomic E-state index is -0.530. The minimum absolute atomic E-state index is 0.122. The number of carbonyl (C=O) groups is 2. The number of hydrogen-bond donors (Lipinski definition) is 2. The first-order chi connectivity index (χ1) is 13.0. The Kier molecular flexibility index (Phi) is 4.68. The van der Waals surface area contributed by atoms with Crippen molar-refractivity contribution in [2.75, 3.05) is 10.6 Å². The Morgan fingerprint density at radius 1 is 1.22 bits per heavy atom. The second kappa shape index (κ2) is 7.13. The SMILES string of the molecule is Cc1sc(NC(=O)C2CC(=O)Nc3ccccc32)nc1-c1ccc(Cl)cc1. The molecule has 27 heavy (non-hydrogen) atoms. The van der Waals surface area contributed by atoms with Crippen LogP contribution in [0.2, 0.25) is 5.02 Å². The molecule has 0 saturated carbocycles. The van der Waals surface area contributed by atoms with Gasteiger partial charge in [-0.3, -0.25) is 9.59 Å².